The summed E-state index contributed by atoms with van der Waals surface area (Å²) < 4.78 is 51.5. The number of aromatic amines is 1. The molecule has 0 radical (unpaired) electrons. The maximum absolute atomic E-state index is 12.4. The average Bonchev–Trinajstić information content (AvgIpc) is 3.65. The van der Waals surface area contributed by atoms with E-state index in [9.17, 15) is 23.1 Å². The van der Waals surface area contributed by atoms with Crippen LogP contribution in [0.5, 0.6) is 5.75 Å². The van der Waals surface area contributed by atoms with E-state index in [2.05, 4.69) is 47.7 Å². The van der Waals surface area contributed by atoms with Crippen LogP contribution < -0.4 is 10.3 Å². The van der Waals surface area contributed by atoms with E-state index in [0.29, 0.717) is 17.1 Å². The number of aliphatic hydroxyl groups is 1. The van der Waals surface area contributed by atoms with Crippen LogP contribution in [-0.2, 0) is 6.61 Å². The summed E-state index contributed by atoms with van der Waals surface area (Å²) in [6.45, 7) is 10.9. The molecular weight excluding hydrogens is 611 g/mol. The molecule has 258 valence electrons. The Morgan fingerprint density at radius 1 is 1.09 bits per heavy atom. The number of benzene rings is 1. The van der Waals surface area contributed by atoms with E-state index in [-0.39, 0.29) is 35.1 Å². The molecule has 1 aliphatic carbocycles. The average molecular weight is 660 g/mol. The third-order valence-corrected chi connectivity index (χ3v) is 8.07. The highest BCUT2D eigenvalue weighted by molar-refractivity contribution is 5.70. The van der Waals surface area contributed by atoms with E-state index < -0.39 is 6.36 Å². The number of aryl methyl sites for hydroxylation is 1. The summed E-state index contributed by atoms with van der Waals surface area (Å²) in [5, 5.41) is 15.5. The number of halogens is 3. The molecule has 2 N–H and O–H groups in total. The Labute approximate surface area is 274 Å². The summed E-state index contributed by atoms with van der Waals surface area (Å²) in [5.41, 5.74) is 2.26. The minimum atomic E-state index is -4.79. The van der Waals surface area contributed by atoms with Crippen LogP contribution in [0.3, 0.4) is 0 Å². The summed E-state index contributed by atoms with van der Waals surface area (Å²) in [5.74, 6) is 2.85. The number of ether oxygens (including phenoxy) is 1. The Bertz CT molecular complexity index is 1520. The molecule has 0 amide bonds. The van der Waals surface area contributed by atoms with Crippen molar-refractivity contribution < 1.29 is 32.1 Å². The second-order valence-electron chi connectivity index (χ2n) is 12.2. The van der Waals surface area contributed by atoms with Gasteiger partial charge in [-0.1, -0.05) is 83.5 Å². The minimum Gasteiger partial charge on any atom is -0.405 e. The molecule has 3 heterocycles. The molecule has 2 atom stereocenters. The standard InChI is InChI=1S/C14H12F3NO3.C13H28.C9H8N2O2/c15-14(16,17)20-11-4-2-1-3-9(11)12-10(7-19)13(21-18-12)8-5-6-8;1-5-8-10-12(4)11-13(7-3)9-6-2;1-6-2-3-7(5-10-6)8-4-9(12)11-13-8/h1-4,8,19H,5-7H2;12-13H,5-11H2,1-4H3;2-5H,1H3,(H,11,12)/t;12-,13?;/m.0./s1. The zero-order valence-electron chi connectivity index (χ0n) is 28.0. The van der Waals surface area contributed by atoms with Crippen LogP contribution in [0.1, 0.15) is 108 Å². The molecule has 1 saturated carbocycles. The van der Waals surface area contributed by atoms with E-state index in [1.165, 1.54) is 69.2 Å². The van der Waals surface area contributed by atoms with Gasteiger partial charge < -0.3 is 18.9 Å². The third kappa shape index (κ3) is 12.4. The Kier molecular flexibility index (Phi) is 14.8. The minimum absolute atomic E-state index is 0.148. The Balaban J connectivity index is 0.000000202. The fourth-order valence-corrected chi connectivity index (χ4v) is 5.40. The number of alkyl halides is 3. The second kappa shape index (κ2) is 18.5. The molecule has 11 heteroatoms. The van der Waals surface area contributed by atoms with Crippen LogP contribution in [0.15, 0.2) is 62.5 Å². The molecule has 8 nitrogen and oxygen atoms in total. The van der Waals surface area contributed by atoms with Gasteiger partial charge in [0.05, 0.1) is 12.7 Å². The van der Waals surface area contributed by atoms with Gasteiger partial charge in [-0.15, -0.1) is 13.2 Å². The summed E-state index contributed by atoms with van der Waals surface area (Å²) in [4.78, 5) is 14.8. The lowest BCUT2D eigenvalue weighted by molar-refractivity contribution is -0.274. The number of nitrogens with zero attached hydrogens (tertiary/aromatic N) is 2. The molecule has 1 unspecified atom stereocenters. The van der Waals surface area contributed by atoms with Crippen molar-refractivity contribution in [2.24, 2.45) is 11.8 Å². The first-order valence-corrected chi connectivity index (χ1v) is 16.5. The number of hydrogen-bond acceptors (Lipinski definition) is 7. The van der Waals surface area contributed by atoms with Crippen molar-refractivity contribution in [1.82, 2.24) is 15.3 Å². The molecule has 1 aromatic carbocycles. The predicted octanol–water partition coefficient (Wildman–Crippen LogP) is 9.98. The van der Waals surface area contributed by atoms with Gasteiger partial charge in [0.1, 0.15) is 17.2 Å². The van der Waals surface area contributed by atoms with Crippen molar-refractivity contribution in [3.8, 4) is 28.3 Å². The number of aromatic nitrogens is 3. The summed E-state index contributed by atoms with van der Waals surface area (Å²) >= 11 is 0. The quantitative estimate of drug-likeness (QED) is 0.147. The highest BCUT2D eigenvalue weighted by Crippen LogP contribution is 2.45. The highest BCUT2D eigenvalue weighted by Gasteiger charge is 2.35. The number of nitrogens with one attached hydrogen (secondary N) is 1. The largest absolute Gasteiger partial charge is 0.573 e. The van der Waals surface area contributed by atoms with E-state index in [4.69, 9.17) is 9.05 Å². The van der Waals surface area contributed by atoms with Crippen LogP contribution in [-0.4, -0.2) is 26.8 Å². The number of unbranched alkanes of at least 4 members (excludes halogenated alkanes) is 1. The Hall–Kier alpha value is -3.86. The van der Waals surface area contributed by atoms with E-state index in [0.717, 1.165) is 35.9 Å². The smallest absolute Gasteiger partial charge is 0.405 e. The summed E-state index contributed by atoms with van der Waals surface area (Å²) in [7, 11) is 0. The van der Waals surface area contributed by atoms with Crippen molar-refractivity contribution in [2.45, 2.75) is 111 Å². The van der Waals surface area contributed by atoms with Crippen LogP contribution in [0.2, 0.25) is 0 Å². The Morgan fingerprint density at radius 2 is 1.83 bits per heavy atom. The van der Waals surface area contributed by atoms with Gasteiger partial charge in [-0.05, 0) is 62.3 Å². The van der Waals surface area contributed by atoms with Crippen molar-refractivity contribution in [3.05, 3.63) is 76.0 Å². The Morgan fingerprint density at radius 3 is 2.38 bits per heavy atom. The van der Waals surface area contributed by atoms with Crippen molar-refractivity contribution >= 4 is 0 Å². The van der Waals surface area contributed by atoms with Gasteiger partial charge in [0.25, 0.3) is 5.56 Å². The first kappa shape index (κ1) is 37.6. The number of para-hydroxylation sites is 1. The predicted molar refractivity (Wildman–Crippen MR) is 176 cm³/mol. The molecule has 0 aliphatic heterocycles. The lowest BCUT2D eigenvalue weighted by Gasteiger charge is -2.18. The van der Waals surface area contributed by atoms with Crippen LogP contribution in [0.25, 0.3) is 22.6 Å². The molecule has 47 heavy (non-hydrogen) atoms. The van der Waals surface area contributed by atoms with Gasteiger partial charge in [0, 0.05) is 34.5 Å². The topological polar surface area (TPSA) is 114 Å². The fraction of sp³-hybridized carbons (Fsp3) is 0.528. The van der Waals surface area contributed by atoms with Crippen molar-refractivity contribution in [2.75, 3.05) is 0 Å². The molecule has 0 saturated heterocycles. The fourth-order valence-electron chi connectivity index (χ4n) is 5.40. The number of H-pyrrole nitrogens is 1. The van der Waals surface area contributed by atoms with Crippen LogP contribution in [0.4, 0.5) is 13.2 Å². The van der Waals surface area contributed by atoms with Gasteiger partial charge in [-0.2, -0.15) is 5.16 Å². The number of aliphatic hydroxyl groups excluding tert-OH is 1. The van der Waals surface area contributed by atoms with Gasteiger partial charge >= 0.3 is 6.36 Å². The van der Waals surface area contributed by atoms with Gasteiger partial charge in [0.2, 0.25) is 0 Å². The number of rotatable bonds is 13. The van der Waals surface area contributed by atoms with Crippen LogP contribution in [0, 0.1) is 18.8 Å². The lowest BCUT2D eigenvalue weighted by Crippen LogP contribution is -2.17. The number of hydrogen-bond donors (Lipinski definition) is 2. The van der Waals surface area contributed by atoms with Gasteiger partial charge in [0.15, 0.2) is 5.76 Å². The van der Waals surface area contributed by atoms with Crippen LogP contribution >= 0.6 is 0 Å². The first-order valence-electron chi connectivity index (χ1n) is 16.5. The van der Waals surface area contributed by atoms with E-state index in [1.807, 2.05) is 19.1 Å². The zero-order valence-corrected chi connectivity index (χ0v) is 28.0. The molecule has 5 rings (SSSR count). The lowest BCUT2D eigenvalue weighted by atomic mass is 9.88. The zero-order chi connectivity index (χ0) is 34.4. The van der Waals surface area contributed by atoms with E-state index >= 15 is 0 Å². The highest BCUT2D eigenvalue weighted by atomic mass is 19.4. The molecule has 0 bridgehead atoms. The van der Waals surface area contributed by atoms with Gasteiger partial charge in [-0.25, -0.2) is 0 Å². The van der Waals surface area contributed by atoms with E-state index in [1.54, 1.807) is 12.3 Å². The molecular formula is C36H48F3N3O5. The molecule has 1 fully saturated rings. The maximum Gasteiger partial charge on any atom is 0.573 e. The summed E-state index contributed by atoms with van der Waals surface area (Å²) in [6, 6.07) is 10.8. The summed E-state index contributed by atoms with van der Waals surface area (Å²) in [6.07, 6.45) is 8.60. The molecule has 0 spiro atoms. The SMILES string of the molecule is CCCC[C@H](C)CC(CC)CCC.Cc1ccc(-c2cc(=O)[nH]o2)cn1.OCc1c(-c2ccccc2OC(F)(F)F)noc1C1CC1. The third-order valence-electron chi connectivity index (χ3n) is 8.07. The monoisotopic (exact) mass is 659 g/mol. The molecule has 4 aromatic rings. The molecule has 3 aromatic heterocycles. The van der Waals surface area contributed by atoms with Crippen molar-refractivity contribution in [1.29, 1.82) is 0 Å². The maximum atomic E-state index is 12.4. The van der Waals surface area contributed by atoms with Crippen molar-refractivity contribution in [3.63, 3.8) is 0 Å². The second-order valence-corrected chi connectivity index (χ2v) is 12.2. The molecule has 1 aliphatic rings. The first-order chi connectivity index (χ1) is 22.5. The van der Waals surface area contributed by atoms with Gasteiger partial charge in [-0.3, -0.25) is 9.78 Å². The number of pyridine rings is 1. The normalized spacial score (nSPS) is 14.0.